The lowest BCUT2D eigenvalue weighted by atomic mass is 10.0. The van der Waals surface area contributed by atoms with Crippen LogP contribution in [0.5, 0.6) is 0 Å². The van der Waals surface area contributed by atoms with Crippen molar-refractivity contribution < 1.29 is 14.4 Å². The van der Waals surface area contributed by atoms with E-state index in [4.69, 9.17) is 0 Å². The number of thiophene rings is 1. The smallest absolute Gasteiger partial charge is 0.331 e. The minimum atomic E-state index is -0.462. The first-order valence-electron chi connectivity index (χ1n) is 8.92. The van der Waals surface area contributed by atoms with Crippen molar-refractivity contribution in [2.24, 2.45) is 5.16 Å². The summed E-state index contributed by atoms with van der Waals surface area (Å²) in [6, 6.07) is 13.6. The van der Waals surface area contributed by atoms with Crippen LogP contribution in [0.1, 0.15) is 35.3 Å². The van der Waals surface area contributed by atoms with Gasteiger partial charge in [-0.25, -0.2) is 4.79 Å². The Labute approximate surface area is 165 Å². The molecular weight excluding hydrogens is 372 g/mol. The van der Waals surface area contributed by atoms with Gasteiger partial charge in [0.2, 0.25) is 0 Å². The number of benzene rings is 2. The molecule has 4 aromatic rings. The second kappa shape index (κ2) is 7.40. The summed E-state index contributed by atoms with van der Waals surface area (Å²) in [5, 5.41) is 9.52. The highest BCUT2D eigenvalue weighted by atomic mass is 32.1. The third-order valence-electron chi connectivity index (χ3n) is 4.63. The molecule has 0 spiro atoms. The van der Waals surface area contributed by atoms with Gasteiger partial charge in [-0.05, 0) is 54.3 Å². The highest BCUT2D eigenvalue weighted by molar-refractivity contribution is 7.08. The molecule has 0 atom stereocenters. The van der Waals surface area contributed by atoms with E-state index in [1.165, 1.54) is 24.5 Å². The molecule has 2 aromatic heterocycles. The lowest BCUT2D eigenvalue weighted by Crippen LogP contribution is -1.99. The van der Waals surface area contributed by atoms with Crippen molar-refractivity contribution in [3.05, 3.63) is 69.9 Å². The normalized spacial score (nSPS) is 11.5. The third kappa shape index (κ3) is 3.23. The number of hydrogen-bond donors (Lipinski definition) is 0. The van der Waals surface area contributed by atoms with E-state index in [9.17, 15) is 9.59 Å². The van der Waals surface area contributed by atoms with Gasteiger partial charge in [0.05, 0.1) is 6.21 Å². The van der Waals surface area contributed by atoms with Gasteiger partial charge in [-0.1, -0.05) is 11.2 Å². The largest absolute Gasteiger partial charge is 0.341 e. The number of carbonyl (C=O) groups excluding carboxylic acids is 2. The van der Waals surface area contributed by atoms with E-state index in [1.54, 1.807) is 0 Å². The summed E-state index contributed by atoms with van der Waals surface area (Å²) < 4.78 is 2.22. The van der Waals surface area contributed by atoms with Gasteiger partial charge in [0.15, 0.2) is 5.78 Å². The van der Waals surface area contributed by atoms with Crippen molar-refractivity contribution in [2.75, 3.05) is 0 Å². The molecule has 4 rings (SSSR count). The number of carbonyl (C=O) groups is 2. The molecule has 2 heterocycles. The average Bonchev–Trinajstić information content (AvgIpc) is 3.33. The topological polar surface area (TPSA) is 60.7 Å². The number of hydrogen-bond acceptors (Lipinski definition) is 5. The zero-order valence-corrected chi connectivity index (χ0v) is 16.3. The van der Waals surface area contributed by atoms with Crippen LogP contribution in [0, 0.1) is 0 Å². The van der Waals surface area contributed by atoms with E-state index in [2.05, 4.69) is 21.5 Å². The molecule has 0 aliphatic carbocycles. The monoisotopic (exact) mass is 390 g/mol. The van der Waals surface area contributed by atoms with Crippen molar-refractivity contribution >= 4 is 51.1 Å². The first-order chi connectivity index (χ1) is 13.6. The van der Waals surface area contributed by atoms with Crippen molar-refractivity contribution in [1.82, 2.24) is 4.57 Å². The number of ketones is 1. The van der Waals surface area contributed by atoms with Crippen molar-refractivity contribution in [1.29, 1.82) is 0 Å². The molecule has 6 heteroatoms. The molecule has 140 valence electrons. The van der Waals surface area contributed by atoms with E-state index in [0.717, 1.165) is 33.9 Å². The molecule has 0 unspecified atom stereocenters. The van der Waals surface area contributed by atoms with Gasteiger partial charge in [0.1, 0.15) is 0 Å². The molecule has 0 N–H and O–H groups in total. The second-order valence-corrected chi connectivity index (χ2v) is 7.19. The maximum atomic E-state index is 12.8. The first kappa shape index (κ1) is 18.1. The Bertz CT molecular complexity index is 1220. The number of aromatic nitrogens is 1. The van der Waals surface area contributed by atoms with Crippen LogP contribution in [0.15, 0.2) is 58.4 Å². The van der Waals surface area contributed by atoms with Crippen LogP contribution in [-0.2, 0) is 16.2 Å². The second-order valence-electron chi connectivity index (χ2n) is 6.41. The number of nitrogens with zero attached hydrogens (tertiary/aromatic N) is 2. The van der Waals surface area contributed by atoms with Crippen LogP contribution >= 0.6 is 11.3 Å². The maximum Gasteiger partial charge on any atom is 0.331 e. The fourth-order valence-corrected chi connectivity index (χ4v) is 4.04. The van der Waals surface area contributed by atoms with Crippen molar-refractivity contribution in [3.63, 3.8) is 0 Å². The number of rotatable bonds is 5. The van der Waals surface area contributed by atoms with Crippen LogP contribution in [0.4, 0.5) is 0 Å². The van der Waals surface area contributed by atoms with Gasteiger partial charge in [0.25, 0.3) is 0 Å². The zero-order valence-electron chi connectivity index (χ0n) is 15.5. The van der Waals surface area contributed by atoms with Crippen LogP contribution in [-0.4, -0.2) is 22.5 Å². The summed E-state index contributed by atoms with van der Waals surface area (Å²) in [7, 11) is 0. The van der Waals surface area contributed by atoms with E-state index >= 15 is 0 Å². The molecule has 0 aliphatic rings. The molecule has 0 bridgehead atoms. The summed E-state index contributed by atoms with van der Waals surface area (Å²) in [6.45, 7) is 4.22. The van der Waals surface area contributed by atoms with Crippen LogP contribution in [0.3, 0.4) is 0 Å². The summed E-state index contributed by atoms with van der Waals surface area (Å²) in [6.07, 6.45) is 1.51. The van der Waals surface area contributed by atoms with Crippen molar-refractivity contribution in [3.8, 4) is 0 Å². The standard InChI is InChI=1S/C22H18N2O3S/c1-3-24-20-6-4-15(12-23-27-14(2)25)10-18(20)19-11-16(5-7-21(19)24)22(26)17-8-9-28-13-17/h4-13H,3H2,1-2H3/b23-12-. The zero-order chi connectivity index (χ0) is 19.7. The Morgan fingerprint density at radius 1 is 1.07 bits per heavy atom. The quantitative estimate of drug-likeness (QED) is 0.208. The molecule has 0 aliphatic heterocycles. The Hall–Kier alpha value is -3.25. The molecule has 0 fully saturated rings. The Kier molecular flexibility index (Phi) is 4.79. The Morgan fingerprint density at radius 2 is 1.82 bits per heavy atom. The van der Waals surface area contributed by atoms with Crippen LogP contribution in [0.2, 0.25) is 0 Å². The first-order valence-corrected chi connectivity index (χ1v) is 9.86. The van der Waals surface area contributed by atoms with E-state index < -0.39 is 5.97 Å². The predicted molar refractivity (Wildman–Crippen MR) is 112 cm³/mol. The summed E-state index contributed by atoms with van der Waals surface area (Å²) >= 11 is 1.51. The van der Waals surface area contributed by atoms with Crippen LogP contribution < -0.4 is 0 Å². The lowest BCUT2D eigenvalue weighted by Gasteiger charge is -2.03. The number of aryl methyl sites for hydroxylation is 1. The fraction of sp³-hybridized carbons (Fsp3) is 0.136. The highest BCUT2D eigenvalue weighted by Crippen LogP contribution is 2.31. The molecular formula is C22H18N2O3S. The Balaban J connectivity index is 1.86. The van der Waals surface area contributed by atoms with Crippen molar-refractivity contribution in [2.45, 2.75) is 20.4 Å². The fourth-order valence-electron chi connectivity index (χ4n) is 3.41. The molecule has 0 amide bonds. The minimum absolute atomic E-state index is 0.0214. The molecule has 0 radical (unpaired) electrons. The van der Waals surface area contributed by atoms with Gasteiger partial charge in [-0.3, -0.25) is 4.79 Å². The molecule has 2 aromatic carbocycles. The van der Waals surface area contributed by atoms with Gasteiger partial charge < -0.3 is 9.40 Å². The van der Waals surface area contributed by atoms with Gasteiger partial charge >= 0.3 is 5.97 Å². The average molecular weight is 390 g/mol. The van der Waals surface area contributed by atoms with E-state index in [1.807, 2.05) is 53.2 Å². The highest BCUT2D eigenvalue weighted by Gasteiger charge is 2.15. The van der Waals surface area contributed by atoms with Gasteiger partial charge in [-0.15, -0.1) is 0 Å². The predicted octanol–water partition coefficient (Wildman–Crippen LogP) is 5.00. The van der Waals surface area contributed by atoms with Gasteiger partial charge in [0, 0.05) is 51.8 Å². The molecule has 5 nitrogen and oxygen atoms in total. The SMILES string of the molecule is CCn1c2ccc(/C=N\OC(C)=O)cc2c2cc(C(=O)c3ccsc3)ccc21. The Morgan fingerprint density at radius 3 is 2.50 bits per heavy atom. The van der Waals surface area contributed by atoms with E-state index in [0.29, 0.717) is 11.1 Å². The maximum absolute atomic E-state index is 12.8. The summed E-state index contributed by atoms with van der Waals surface area (Å²) in [5.74, 6) is -0.440. The molecule has 0 saturated heterocycles. The molecule has 28 heavy (non-hydrogen) atoms. The molecule has 0 saturated carbocycles. The van der Waals surface area contributed by atoms with Gasteiger partial charge in [-0.2, -0.15) is 11.3 Å². The minimum Gasteiger partial charge on any atom is -0.341 e. The number of oxime groups is 1. The number of fused-ring (bicyclic) bond motifs is 3. The third-order valence-corrected chi connectivity index (χ3v) is 5.32. The summed E-state index contributed by atoms with van der Waals surface area (Å²) in [4.78, 5) is 28.3. The summed E-state index contributed by atoms with van der Waals surface area (Å²) in [5.41, 5.74) is 4.35. The lowest BCUT2D eigenvalue weighted by molar-refractivity contribution is -0.140. The van der Waals surface area contributed by atoms with E-state index in [-0.39, 0.29) is 5.78 Å². The van der Waals surface area contributed by atoms with Crippen LogP contribution in [0.25, 0.3) is 21.8 Å².